The molecule has 0 bridgehead atoms. The monoisotopic (exact) mass is 191 g/mol. The molecule has 14 heavy (non-hydrogen) atoms. The molecule has 1 aliphatic heterocycles. The summed E-state index contributed by atoms with van der Waals surface area (Å²) in [6.07, 6.45) is 1.69. The van der Waals surface area contributed by atoms with Crippen LogP contribution in [-0.4, -0.2) is 25.3 Å². The molecular formula is C12H17NO. The predicted molar refractivity (Wildman–Crippen MR) is 57.4 cm³/mol. The number of ether oxygens (including phenoxy) is 1. The van der Waals surface area contributed by atoms with Crippen molar-refractivity contribution in [1.29, 1.82) is 0 Å². The van der Waals surface area contributed by atoms with E-state index in [1.807, 2.05) is 6.07 Å². The first-order chi connectivity index (χ1) is 6.84. The van der Waals surface area contributed by atoms with Crippen LogP contribution >= 0.6 is 0 Å². The minimum absolute atomic E-state index is 0.334. The van der Waals surface area contributed by atoms with E-state index in [1.165, 1.54) is 5.56 Å². The van der Waals surface area contributed by atoms with Crippen molar-refractivity contribution in [2.75, 3.05) is 13.1 Å². The van der Waals surface area contributed by atoms with Gasteiger partial charge in [-0.05, 0) is 18.9 Å². The molecule has 1 aliphatic rings. The molecule has 2 atom stereocenters. The van der Waals surface area contributed by atoms with Crippen molar-refractivity contribution in [3.63, 3.8) is 0 Å². The van der Waals surface area contributed by atoms with Crippen LogP contribution in [0.1, 0.15) is 12.5 Å². The van der Waals surface area contributed by atoms with Gasteiger partial charge in [0.25, 0.3) is 0 Å². The highest BCUT2D eigenvalue weighted by Gasteiger charge is 2.18. The molecule has 0 aromatic heterocycles. The van der Waals surface area contributed by atoms with Crippen molar-refractivity contribution in [2.45, 2.75) is 25.6 Å². The zero-order chi connectivity index (χ0) is 9.80. The van der Waals surface area contributed by atoms with E-state index in [-0.39, 0.29) is 0 Å². The summed E-state index contributed by atoms with van der Waals surface area (Å²) in [5.41, 5.74) is 1.36. The van der Waals surface area contributed by atoms with Crippen LogP contribution in [0.3, 0.4) is 0 Å². The van der Waals surface area contributed by atoms with Crippen LogP contribution in [0.4, 0.5) is 0 Å². The Labute approximate surface area is 85.3 Å². The second-order valence-corrected chi connectivity index (χ2v) is 3.92. The fourth-order valence-electron chi connectivity index (χ4n) is 1.87. The molecule has 76 valence electrons. The molecular weight excluding hydrogens is 174 g/mol. The molecule has 0 spiro atoms. The highest BCUT2D eigenvalue weighted by Crippen LogP contribution is 2.10. The first-order valence-electron chi connectivity index (χ1n) is 5.24. The molecule has 0 amide bonds. The maximum atomic E-state index is 5.83. The van der Waals surface area contributed by atoms with Crippen molar-refractivity contribution in [3.05, 3.63) is 35.9 Å². The maximum absolute atomic E-state index is 5.83. The van der Waals surface area contributed by atoms with Gasteiger partial charge < -0.3 is 10.1 Å². The second-order valence-electron chi connectivity index (χ2n) is 3.92. The molecule has 1 heterocycles. The van der Waals surface area contributed by atoms with Gasteiger partial charge in [-0.3, -0.25) is 0 Å². The lowest BCUT2D eigenvalue weighted by Crippen LogP contribution is -2.44. The Morgan fingerprint density at radius 2 is 2.07 bits per heavy atom. The SMILES string of the molecule is CC1CNCC(Cc2ccccc2)O1. The highest BCUT2D eigenvalue weighted by molar-refractivity contribution is 5.15. The molecule has 2 heteroatoms. The molecule has 1 saturated heterocycles. The molecule has 0 aliphatic carbocycles. The number of benzene rings is 1. The van der Waals surface area contributed by atoms with Crippen molar-refractivity contribution in [1.82, 2.24) is 5.32 Å². The van der Waals surface area contributed by atoms with E-state index in [0.717, 1.165) is 19.5 Å². The number of nitrogens with one attached hydrogen (secondary N) is 1. The summed E-state index contributed by atoms with van der Waals surface area (Å²) in [4.78, 5) is 0. The number of hydrogen-bond acceptors (Lipinski definition) is 2. The van der Waals surface area contributed by atoms with E-state index < -0.39 is 0 Å². The van der Waals surface area contributed by atoms with Crippen LogP contribution in [-0.2, 0) is 11.2 Å². The second kappa shape index (κ2) is 4.58. The van der Waals surface area contributed by atoms with Crippen LogP contribution in [0.15, 0.2) is 30.3 Å². The lowest BCUT2D eigenvalue weighted by molar-refractivity contribution is -0.0262. The zero-order valence-corrected chi connectivity index (χ0v) is 8.57. The summed E-state index contributed by atoms with van der Waals surface area (Å²) < 4.78 is 5.83. The van der Waals surface area contributed by atoms with E-state index in [0.29, 0.717) is 12.2 Å². The maximum Gasteiger partial charge on any atom is 0.0743 e. The third-order valence-electron chi connectivity index (χ3n) is 2.53. The molecule has 2 nitrogen and oxygen atoms in total. The third-order valence-corrected chi connectivity index (χ3v) is 2.53. The molecule has 1 aromatic carbocycles. The first kappa shape index (κ1) is 9.69. The van der Waals surface area contributed by atoms with Crippen LogP contribution in [0, 0.1) is 0 Å². The van der Waals surface area contributed by atoms with Gasteiger partial charge in [0.05, 0.1) is 12.2 Å². The normalized spacial score (nSPS) is 27.5. The van der Waals surface area contributed by atoms with Crippen LogP contribution in [0.2, 0.25) is 0 Å². The number of morpholine rings is 1. The van der Waals surface area contributed by atoms with E-state index >= 15 is 0 Å². The molecule has 0 saturated carbocycles. The Hall–Kier alpha value is -0.860. The Morgan fingerprint density at radius 1 is 1.29 bits per heavy atom. The topological polar surface area (TPSA) is 21.3 Å². The van der Waals surface area contributed by atoms with Crippen molar-refractivity contribution >= 4 is 0 Å². The summed E-state index contributed by atoms with van der Waals surface area (Å²) >= 11 is 0. The summed E-state index contributed by atoms with van der Waals surface area (Å²) in [6.45, 7) is 4.06. The van der Waals surface area contributed by atoms with Crippen molar-refractivity contribution in [3.8, 4) is 0 Å². The van der Waals surface area contributed by atoms with Crippen molar-refractivity contribution < 1.29 is 4.74 Å². The summed E-state index contributed by atoms with van der Waals surface area (Å²) in [6, 6.07) is 10.5. The fraction of sp³-hybridized carbons (Fsp3) is 0.500. The van der Waals surface area contributed by atoms with Gasteiger partial charge >= 0.3 is 0 Å². The van der Waals surface area contributed by atoms with Gasteiger partial charge in [0.2, 0.25) is 0 Å². The summed E-state index contributed by atoms with van der Waals surface area (Å²) in [7, 11) is 0. The van der Waals surface area contributed by atoms with Crippen LogP contribution in [0.25, 0.3) is 0 Å². The van der Waals surface area contributed by atoms with Crippen LogP contribution < -0.4 is 5.32 Å². The van der Waals surface area contributed by atoms with Gasteiger partial charge in [-0.1, -0.05) is 30.3 Å². The van der Waals surface area contributed by atoms with E-state index in [4.69, 9.17) is 4.74 Å². The average Bonchev–Trinajstić information content (AvgIpc) is 2.19. The lowest BCUT2D eigenvalue weighted by Gasteiger charge is -2.28. The molecule has 2 unspecified atom stereocenters. The minimum Gasteiger partial charge on any atom is -0.372 e. The lowest BCUT2D eigenvalue weighted by atomic mass is 10.1. The molecule has 2 rings (SSSR count). The van der Waals surface area contributed by atoms with Crippen LogP contribution in [0.5, 0.6) is 0 Å². The average molecular weight is 191 g/mol. The summed E-state index contributed by atoms with van der Waals surface area (Å²) in [5.74, 6) is 0. The zero-order valence-electron chi connectivity index (χ0n) is 8.57. The Kier molecular flexibility index (Phi) is 3.17. The highest BCUT2D eigenvalue weighted by atomic mass is 16.5. The quantitative estimate of drug-likeness (QED) is 0.766. The smallest absolute Gasteiger partial charge is 0.0743 e. The molecule has 0 radical (unpaired) electrons. The van der Waals surface area contributed by atoms with Gasteiger partial charge in [-0.15, -0.1) is 0 Å². The molecule has 1 aromatic rings. The first-order valence-corrected chi connectivity index (χ1v) is 5.24. The standard InChI is InChI=1S/C12H17NO/c1-10-8-13-9-12(14-10)7-11-5-3-2-4-6-11/h2-6,10,12-13H,7-9H2,1H3. The Bertz CT molecular complexity index is 273. The van der Waals surface area contributed by atoms with Crippen molar-refractivity contribution in [2.24, 2.45) is 0 Å². The van der Waals surface area contributed by atoms with E-state index in [1.54, 1.807) is 0 Å². The molecule has 1 N–H and O–H groups in total. The van der Waals surface area contributed by atoms with Gasteiger partial charge in [0.1, 0.15) is 0 Å². The van der Waals surface area contributed by atoms with Gasteiger partial charge in [0, 0.05) is 13.1 Å². The fourth-order valence-corrected chi connectivity index (χ4v) is 1.87. The Morgan fingerprint density at radius 3 is 2.79 bits per heavy atom. The van der Waals surface area contributed by atoms with Gasteiger partial charge in [-0.2, -0.15) is 0 Å². The van der Waals surface area contributed by atoms with E-state index in [2.05, 4.69) is 36.5 Å². The number of hydrogen-bond donors (Lipinski definition) is 1. The number of rotatable bonds is 2. The van der Waals surface area contributed by atoms with Gasteiger partial charge in [0.15, 0.2) is 0 Å². The largest absolute Gasteiger partial charge is 0.372 e. The van der Waals surface area contributed by atoms with E-state index in [9.17, 15) is 0 Å². The third kappa shape index (κ3) is 2.56. The Balaban J connectivity index is 1.91. The van der Waals surface area contributed by atoms with Gasteiger partial charge in [-0.25, -0.2) is 0 Å². The predicted octanol–water partition coefficient (Wildman–Crippen LogP) is 1.61. The molecule has 1 fully saturated rings. The minimum atomic E-state index is 0.334. The summed E-state index contributed by atoms with van der Waals surface area (Å²) in [5, 5.41) is 3.38.